The van der Waals surface area contributed by atoms with Crippen molar-refractivity contribution in [3.63, 3.8) is 0 Å². The van der Waals surface area contributed by atoms with Gasteiger partial charge < -0.3 is 10.4 Å². The van der Waals surface area contributed by atoms with E-state index in [0.717, 1.165) is 5.56 Å². The van der Waals surface area contributed by atoms with Gasteiger partial charge in [-0.2, -0.15) is 0 Å². The van der Waals surface area contributed by atoms with E-state index >= 15 is 0 Å². The van der Waals surface area contributed by atoms with Crippen LogP contribution < -0.4 is 10.6 Å². The van der Waals surface area contributed by atoms with Crippen LogP contribution in [0.3, 0.4) is 0 Å². The van der Waals surface area contributed by atoms with Gasteiger partial charge in [-0.1, -0.05) is 30.3 Å². The average Bonchev–Trinajstić information content (AvgIpc) is 2.26. The lowest BCUT2D eigenvalue weighted by atomic mass is 10.2. The fraction of sp³-hybridized carbons (Fsp3) is 0.182. The molecule has 0 aliphatic heterocycles. The Hall–Kier alpha value is -2.37. The first kappa shape index (κ1) is 12.7. The number of amides is 3. The number of rotatable bonds is 4. The summed E-state index contributed by atoms with van der Waals surface area (Å²) in [6, 6.07) is 8.42. The third-order valence-electron chi connectivity index (χ3n) is 1.86. The Balaban J connectivity index is 2.31. The minimum atomic E-state index is -1.28. The minimum absolute atomic E-state index is 0.271. The zero-order valence-electron chi connectivity index (χ0n) is 8.97. The van der Waals surface area contributed by atoms with Gasteiger partial charge in [-0.15, -0.1) is 0 Å². The molecule has 0 bridgehead atoms. The van der Waals surface area contributed by atoms with Gasteiger partial charge in [0, 0.05) is 6.54 Å². The lowest BCUT2D eigenvalue weighted by Crippen LogP contribution is -2.39. The van der Waals surface area contributed by atoms with Gasteiger partial charge in [0.05, 0.1) is 0 Å². The fourth-order valence-electron chi connectivity index (χ4n) is 1.13. The van der Waals surface area contributed by atoms with E-state index in [1.165, 1.54) is 0 Å². The normalized spacial score (nSPS) is 9.41. The number of imide groups is 1. The predicted octanol–water partition coefficient (Wildman–Crippen LogP) is 0.487. The summed E-state index contributed by atoms with van der Waals surface area (Å²) in [5, 5.41) is 12.7. The zero-order chi connectivity index (χ0) is 12.7. The second-order valence-corrected chi connectivity index (χ2v) is 3.29. The van der Waals surface area contributed by atoms with Gasteiger partial charge in [0.2, 0.25) is 5.91 Å². The number of benzene rings is 1. The van der Waals surface area contributed by atoms with E-state index in [-0.39, 0.29) is 6.54 Å². The molecule has 0 radical (unpaired) electrons. The lowest BCUT2D eigenvalue weighted by Gasteiger charge is -2.05. The molecule has 0 saturated carbocycles. The van der Waals surface area contributed by atoms with E-state index in [2.05, 4.69) is 5.32 Å². The minimum Gasteiger partial charge on any atom is -0.481 e. The summed E-state index contributed by atoms with van der Waals surface area (Å²) < 4.78 is 0. The molecule has 0 aliphatic carbocycles. The van der Waals surface area contributed by atoms with Gasteiger partial charge in [0.25, 0.3) is 0 Å². The van der Waals surface area contributed by atoms with Gasteiger partial charge in [-0.25, -0.2) is 4.79 Å². The molecule has 90 valence electrons. The van der Waals surface area contributed by atoms with Crippen molar-refractivity contribution in [3.8, 4) is 0 Å². The van der Waals surface area contributed by atoms with Crippen molar-refractivity contribution in [2.75, 3.05) is 0 Å². The highest BCUT2D eigenvalue weighted by Crippen LogP contribution is 1.96. The van der Waals surface area contributed by atoms with Crippen LogP contribution in [0.5, 0.6) is 0 Å². The first-order chi connectivity index (χ1) is 8.08. The predicted molar refractivity (Wildman–Crippen MR) is 59.1 cm³/mol. The molecule has 0 atom stereocenters. The summed E-state index contributed by atoms with van der Waals surface area (Å²) in [6.45, 7) is 0.271. The Labute approximate surface area is 97.6 Å². The third-order valence-corrected chi connectivity index (χ3v) is 1.86. The van der Waals surface area contributed by atoms with E-state index in [0.29, 0.717) is 0 Å². The molecule has 0 unspecified atom stereocenters. The second kappa shape index (κ2) is 6.26. The summed E-state index contributed by atoms with van der Waals surface area (Å²) in [4.78, 5) is 32.3. The first-order valence-corrected chi connectivity index (χ1v) is 4.91. The number of hydrogen-bond donors (Lipinski definition) is 3. The Morgan fingerprint density at radius 1 is 1.12 bits per heavy atom. The van der Waals surface area contributed by atoms with Gasteiger partial charge in [-0.05, 0) is 5.56 Å². The van der Waals surface area contributed by atoms with Crippen LogP contribution >= 0.6 is 0 Å². The van der Waals surface area contributed by atoms with E-state index in [1.807, 2.05) is 35.6 Å². The molecular weight excluding hydrogens is 224 g/mol. The van der Waals surface area contributed by atoms with Crippen molar-refractivity contribution in [2.24, 2.45) is 0 Å². The maximum absolute atomic E-state index is 11.2. The number of hydrogen-bond acceptors (Lipinski definition) is 3. The Bertz CT molecular complexity index is 417. The second-order valence-electron chi connectivity index (χ2n) is 3.29. The third kappa shape index (κ3) is 5.31. The number of carboxylic acid groups (broad SMARTS) is 1. The molecule has 0 aromatic heterocycles. The molecule has 3 amide bonds. The van der Waals surface area contributed by atoms with Crippen LogP contribution in [0.4, 0.5) is 4.79 Å². The SMILES string of the molecule is O=C(O)CC(=O)NC(=O)NCc1ccccc1. The van der Waals surface area contributed by atoms with E-state index in [4.69, 9.17) is 5.11 Å². The Morgan fingerprint density at radius 2 is 1.76 bits per heavy atom. The molecule has 17 heavy (non-hydrogen) atoms. The summed E-state index contributed by atoms with van der Waals surface area (Å²) >= 11 is 0. The zero-order valence-corrected chi connectivity index (χ0v) is 8.97. The van der Waals surface area contributed by atoms with Crippen LogP contribution in [-0.4, -0.2) is 23.0 Å². The summed E-state index contributed by atoms with van der Waals surface area (Å²) in [7, 11) is 0. The molecule has 0 heterocycles. The van der Waals surface area contributed by atoms with Crippen molar-refractivity contribution in [1.29, 1.82) is 0 Å². The largest absolute Gasteiger partial charge is 0.481 e. The number of nitrogens with one attached hydrogen (secondary N) is 2. The monoisotopic (exact) mass is 236 g/mol. The molecule has 0 spiro atoms. The lowest BCUT2D eigenvalue weighted by molar-refractivity contribution is -0.140. The van der Waals surface area contributed by atoms with Crippen molar-refractivity contribution >= 4 is 17.9 Å². The number of carboxylic acids is 1. The number of carbonyl (C=O) groups excluding carboxylic acids is 2. The smallest absolute Gasteiger partial charge is 0.321 e. The van der Waals surface area contributed by atoms with Gasteiger partial charge in [0.1, 0.15) is 6.42 Å². The van der Waals surface area contributed by atoms with Crippen LogP contribution in [0.1, 0.15) is 12.0 Å². The van der Waals surface area contributed by atoms with E-state index < -0.39 is 24.3 Å². The number of carbonyl (C=O) groups is 3. The number of urea groups is 1. The fourth-order valence-corrected chi connectivity index (χ4v) is 1.13. The standard InChI is InChI=1S/C11H12N2O4/c14-9(6-10(15)16)13-11(17)12-7-8-4-2-1-3-5-8/h1-5H,6-7H2,(H,15,16)(H2,12,13,14,17). The van der Waals surface area contributed by atoms with Gasteiger partial charge in [-0.3, -0.25) is 14.9 Å². The van der Waals surface area contributed by atoms with Crippen LogP contribution in [0.25, 0.3) is 0 Å². The van der Waals surface area contributed by atoms with Crippen molar-refractivity contribution in [3.05, 3.63) is 35.9 Å². The van der Waals surface area contributed by atoms with Crippen molar-refractivity contribution in [1.82, 2.24) is 10.6 Å². The molecule has 0 fully saturated rings. The highest BCUT2D eigenvalue weighted by molar-refractivity contribution is 6.01. The molecular formula is C11H12N2O4. The van der Waals surface area contributed by atoms with Crippen LogP contribution in [-0.2, 0) is 16.1 Å². The topological polar surface area (TPSA) is 95.5 Å². The van der Waals surface area contributed by atoms with E-state index in [9.17, 15) is 14.4 Å². The molecule has 1 aromatic carbocycles. The van der Waals surface area contributed by atoms with Gasteiger partial charge >= 0.3 is 12.0 Å². The maximum atomic E-state index is 11.2. The molecule has 0 saturated heterocycles. The van der Waals surface area contributed by atoms with Gasteiger partial charge in [0.15, 0.2) is 0 Å². The quantitative estimate of drug-likeness (QED) is 0.663. The summed E-state index contributed by atoms with van der Waals surface area (Å²) in [5.41, 5.74) is 0.883. The maximum Gasteiger partial charge on any atom is 0.321 e. The molecule has 1 rings (SSSR count). The van der Waals surface area contributed by atoms with Crippen LogP contribution in [0.2, 0.25) is 0 Å². The highest BCUT2D eigenvalue weighted by Gasteiger charge is 2.10. The molecule has 0 aliphatic rings. The number of aliphatic carboxylic acids is 1. The average molecular weight is 236 g/mol. The van der Waals surface area contributed by atoms with E-state index in [1.54, 1.807) is 0 Å². The first-order valence-electron chi connectivity index (χ1n) is 4.91. The molecule has 3 N–H and O–H groups in total. The molecule has 6 heteroatoms. The van der Waals surface area contributed by atoms with Crippen LogP contribution in [0, 0.1) is 0 Å². The summed E-state index contributed by atoms with van der Waals surface area (Å²) in [6.07, 6.45) is -0.723. The molecule has 6 nitrogen and oxygen atoms in total. The van der Waals surface area contributed by atoms with Crippen molar-refractivity contribution in [2.45, 2.75) is 13.0 Å². The summed E-state index contributed by atoms with van der Waals surface area (Å²) in [5.74, 6) is -2.12. The highest BCUT2D eigenvalue weighted by atomic mass is 16.4. The van der Waals surface area contributed by atoms with Crippen molar-refractivity contribution < 1.29 is 19.5 Å². The Morgan fingerprint density at radius 3 is 2.35 bits per heavy atom. The molecule has 1 aromatic rings. The van der Waals surface area contributed by atoms with Crippen LogP contribution in [0.15, 0.2) is 30.3 Å². The Kier molecular flexibility index (Phi) is 4.68.